The van der Waals surface area contributed by atoms with Crippen molar-refractivity contribution in [2.24, 2.45) is 0 Å². The number of rotatable bonds is 6. The van der Waals surface area contributed by atoms with Gasteiger partial charge in [-0.2, -0.15) is 0 Å². The monoisotopic (exact) mass is 398 g/mol. The lowest BCUT2D eigenvalue weighted by Gasteiger charge is -2.12. The van der Waals surface area contributed by atoms with Crippen molar-refractivity contribution in [2.75, 3.05) is 18.6 Å². The summed E-state index contributed by atoms with van der Waals surface area (Å²) in [5.41, 5.74) is 0.913. The number of hydrogen-bond acceptors (Lipinski definition) is 3. The van der Waals surface area contributed by atoms with Gasteiger partial charge in [0, 0.05) is 6.26 Å². The largest absolute Gasteiger partial charge is 0.492 e. The van der Waals surface area contributed by atoms with Crippen LogP contribution in [0, 0.1) is 0 Å². The highest BCUT2D eigenvalue weighted by Gasteiger charge is 2.15. The zero-order chi connectivity index (χ0) is 13.8. The van der Waals surface area contributed by atoms with E-state index in [9.17, 15) is 8.42 Å². The Morgan fingerprint density at radius 2 is 2.06 bits per heavy atom. The first-order chi connectivity index (χ1) is 8.33. The number of hydrogen-bond donors (Lipinski definition) is 0. The minimum atomic E-state index is -3.00. The fourth-order valence-electron chi connectivity index (χ4n) is 1.40. The van der Waals surface area contributed by atoms with E-state index in [0.29, 0.717) is 6.61 Å². The molecule has 0 aliphatic rings. The molecule has 0 bridgehead atoms. The lowest BCUT2D eigenvalue weighted by Crippen LogP contribution is -2.08. The standard InChI is InChI=1S/C12H16Br2O3S/c1-3-6-17-12-5-4-9(7-10(12)13)11(14)8-18(2,15)16/h4-5,7,11H,3,6,8H2,1-2H3. The van der Waals surface area contributed by atoms with Gasteiger partial charge >= 0.3 is 0 Å². The van der Waals surface area contributed by atoms with Crippen LogP contribution >= 0.6 is 31.9 Å². The van der Waals surface area contributed by atoms with E-state index in [0.717, 1.165) is 22.2 Å². The quantitative estimate of drug-likeness (QED) is 0.684. The van der Waals surface area contributed by atoms with E-state index >= 15 is 0 Å². The van der Waals surface area contributed by atoms with Crippen LogP contribution in [0.3, 0.4) is 0 Å². The number of halogens is 2. The van der Waals surface area contributed by atoms with Gasteiger partial charge in [0.15, 0.2) is 0 Å². The first-order valence-electron chi connectivity index (χ1n) is 5.57. The topological polar surface area (TPSA) is 43.4 Å². The predicted octanol–water partition coefficient (Wildman–Crippen LogP) is 3.72. The van der Waals surface area contributed by atoms with E-state index in [2.05, 4.69) is 31.9 Å². The number of sulfone groups is 1. The fraction of sp³-hybridized carbons (Fsp3) is 0.500. The highest BCUT2D eigenvalue weighted by Crippen LogP contribution is 2.32. The molecule has 0 fully saturated rings. The fourth-order valence-corrected chi connectivity index (χ4v) is 4.36. The SMILES string of the molecule is CCCOc1ccc(C(Br)CS(C)(=O)=O)cc1Br. The smallest absolute Gasteiger partial charge is 0.148 e. The molecule has 0 heterocycles. The molecule has 0 saturated carbocycles. The van der Waals surface area contributed by atoms with Crippen molar-refractivity contribution in [3.8, 4) is 5.75 Å². The molecule has 0 saturated heterocycles. The molecular weight excluding hydrogens is 384 g/mol. The molecule has 1 aromatic carbocycles. The van der Waals surface area contributed by atoms with Crippen LogP contribution < -0.4 is 4.74 Å². The Balaban J connectivity index is 2.83. The van der Waals surface area contributed by atoms with Crippen molar-refractivity contribution in [3.63, 3.8) is 0 Å². The van der Waals surface area contributed by atoms with Gasteiger partial charge in [-0.25, -0.2) is 8.42 Å². The van der Waals surface area contributed by atoms with E-state index in [4.69, 9.17) is 4.74 Å². The van der Waals surface area contributed by atoms with Gasteiger partial charge in [0.25, 0.3) is 0 Å². The molecule has 0 aliphatic heterocycles. The van der Waals surface area contributed by atoms with E-state index in [1.807, 2.05) is 25.1 Å². The van der Waals surface area contributed by atoms with E-state index < -0.39 is 9.84 Å². The van der Waals surface area contributed by atoms with Gasteiger partial charge in [-0.05, 0) is 40.0 Å². The molecule has 0 spiro atoms. The number of benzene rings is 1. The molecule has 102 valence electrons. The predicted molar refractivity (Wildman–Crippen MR) is 81.3 cm³/mol. The molecule has 0 N–H and O–H groups in total. The summed E-state index contributed by atoms with van der Waals surface area (Å²) in [6.45, 7) is 2.71. The third-order valence-corrected chi connectivity index (χ3v) is 5.07. The van der Waals surface area contributed by atoms with Gasteiger partial charge in [0.2, 0.25) is 0 Å². The average Bonchev–Trinajstić information content (AvgIpc) is 2.25. The average molecular weight is 400 g/mol. The maximum Gasteiger partial charge on any atom is 0.148 e. The van der Waals surface area contributed by atoms with Gasteiger partial charge in [0.05, 0.1) is 21.7 Å². The molecule has 1 atom stereocenters. The van der Waals surface area contributed by atoms with Crippen LogP contribution in [0.5, 0.6) is 5.75 Å². The van der Waals surface area contributed by atoms with Crippen molar-refractivity contribution in [2.45, 2.75) is 18.2 Å². The first-order valence-corrected chi connectivity index (χ1v) is 9.34. The summed E-state index contributed by atoms with van der Waals surface area (Å²) >= 11 is 6.82. The lowest BCUT2D eigenvalue weighted by molar-refractivity contribution is 0.315. The second kappa shape index (κ2) is 6.91. The lowest BCUT2D eigenvalue weighted by atomic mass is 10.2. The third kappa shape index (κ3) is 5.28. The van der Waals surface area contributed by atoms with Crippen LogP contribution in [-0.2, 0) is 9.84 Å². The normalized spacial score (nSPS) is 13.3. The van der Waals surface area contributed by atoms with Gasteiger partial charge in [0.1, 0.15) is 15.6 Å². The second-order valence-electron chi connectivity index (χ2n) is 4.10. The Morgan fingerprint density at radius 3 is 2.56 bits per heavy atom. The maximum atomic E-state index is 11.2. The molecule has 6 heteroatoms. The number of alkyl halides is 1. The molecule has 0 aliphatic carbocycles. The van der Waals surface area contributed by atoms with Crippen LogP contribution in [0.4, 0.5) is 0 Å². The minimum Gasteiger partial charge on any atom is -0.492 e. The van der Waals surface area contributed by atoms with E-state index in [1.165, 1.54) is 6.26 Å². The summed E-state index contributed by atoms with van der Waals surface area (Å²) in [6.07, 6.45) is 2.18. The summed E-state index contributed by atoms with van der Waals surface area (Å²) in [5, 5.41) is 0. The van der Waals surface area contributed by atoms with Gasteiger partial charge in [-0.15, -0.1) is 0 Å². The van der Waals surface area contributed by atoms with Gasteiger partial charge < -0.3 is 4.74 Å². The molecule has 18 heavy (non-hydrogen) atoms. The molecular formula is C12H16Br2O3S. The first kappa shape index (κ1) is 16.0. The molecule has 3 nitrogen and oxygen atoms in total. The van der Waals surface area contributed by atoms with Crippen molar-refractivity contribution in [1.29, 1.82) is 0 Å². The Kier molecular flexibility index (Phi) is 6.14. The third-order valence-electron chi connectivity index (χ3n) is 2.23. The molecule has 1 aromatic rings. The van der Waals surface area contributed by atoms with Crippen molar-refractivity contribution in [3.05, 3.63) is 28.2 Å². The summed E-state index contributed by atoms with van der Waals surface area (Å²) in [6, 6.07) is 5.61. The highest BCUT2D eigenvalue weighted by molar-refractivity contribution is 9.10. The Bertz CT molecular complexity index is 500. The van der Waals surface area contributed by atoms with Gasteiger partial charge in [-0.1, -0.05) is 28.9 Å². The highest BCUT2D eigenvalue weighted by atomic mass is 79.9. The molecule has 0 aromatic heterocycles. The molecule has 0 amide bonds. The number of ether oxygens (including phenoxy) is 1. The van der Waals surface area contributed by atoms with Crippen LogP contribution in [-0.4, -0.2) is 27.0 Å². The van der Waals surface area contributed by atoms with Gasteiger partial charge in [-0.3, -0.25) is 0 Å². The van der Waals surface area contributed by atoms with Crippen LogP contribution in [0.2, 0.25) is 0 Å². The summed E-state index contributed by atoms with van der Waals surface area (Å²) in [5.74, 6) is 0.855. The summed E-state index contributed by atoms with van der Waals surface area (Å²) < 4.78 is 28.9. The Morgan fingerprint density at radius 1 is 1.39 bits per heavy atom. The van der Waals surface area contributed by atoms with E-state index in [1.54, 1.807) is 0 Å². The second-order valence-corrected chi connectivity index (χ2v) is 8.24. The zero-order valence-electron chi connectivity index (χ0n) is 10.3. The minimum absolute atomic E-state index is 0.0780. The zero-order valence-corrected chi connectivity index (χ0v) is 14.3. The van der Waals surface area contributed by atoms with Crippen LogP contribution in [0.15, 0.2) is 22.7 Å². The van der Waals surface area contributed by atoms with Crippen LogP contribution in [0.1, 0.15) is 23.7 Å². The summed E-state index contributed by atoms with van der Waals surface area (Å²) in [4.78, 5) is -0.205. The van der Waals surface area contributed by atoms with E-state index in [-0.39, 0.29) is 10.6 Å². The van der Waals surface area contributed by atoms with Crippen molar-refractivity contribution < 1.29 is 13.2 Å². The van der Waals surface area contributed by atoms with Crippen molar-refractivity contribution >= 4 is 41.7 Å². The van der Waals surface area contributed by atoms with Crippen LogP contribution in [0.25, 0.3) is 0 Å². The Labute approximate surface area is 125 Å². The summed E-state index contributed by atoms with van der Waals surface area (Å²) in [7, 11) is -3.00. The Hall–Kier alpha value is -0.0700. The molecule has 0 radical (unpaired) electrons. The van der Waals surface area contributed by atoms with Crippen molar-refractivity contribution in [1.82, 2.24) is 0 Å². The maximum absolute atomic E-state index is 11.2. The molecule has 1 rings (SSSR count). The molecule has 1 unspecified atom stereocenters.